The Morgan fingerprint density at radius 3 is 2.14 bits per heavy atom. The predicted octanol–water partition coefficient (Wildman–Crippen LogP) is 3.65. The molecule has 6 nitrogen and oxygen atoms in total. The number of amides is 1. The molecule has 1 aliphatic rings. The molecule has 0 aromatic heterocycles. The first-order valence-corrected chi connectivity index (χ1v) is 9.24. The lowest BCUT2D eigenvalue weighted by Gasteiger charge is -2.23. The first-order valence-electron chi connectivity index (χ1n) is 9.24. The molecule has 1 heterocycles. The van der Waals surface area contributed by atoms with Gasteiger partial charge < -0.3 is 4.90 Å². The van der Waals surface area contributed by atoms with Crippen molar-refractivity contribution in [3.05, 3.63) is 66.2 Å². The van der Waals surface area contributed by atoms with E-state index in [1.807, 2.05) is 65.7 Å². The summed E-state index contributed by atoms with van der Waals surface area (Å²) >= 11 is 0. The Kier molecular flexibility index (Phi) is 6.38. The average Bonchev–Trinajstić information content (AvgIpc) is 3.20. The molecular formula is C22H21N5O. The SMILES string of the molecule is N#CCCN(CCC#N)C(=O)C1=NN(c2ccccc2)C(c2ccccc2)C1. The lowest BCUT2D eigenvalue weighted by atomic mass is 10.0. The summed E-state index contributed by atoms with van der Waals surface area (Å²) in [5.74, 6) is -0.204. The monoisotopic (exact) mass is 371 g/mol. The second kappa shape index (κ2) is 9.34. The number of hydrazone groups is 1. The van der Waals surface area contributed by atoms with Gasteiger partial charge in [-0.05, 0) is 17.7 Å². The molecule has 1 amide bonds. The van der Waals surface area contributed by atoms with E-state index in [1.165, 1.54) is 0 Å². The van der Waals surface area contributed by atoms with Crippen molar-refractivity contribution < 1.29 is 4.79 Å². The summed E-state index contributed by atoms with van der Waals surface area (Å²) in [5, 5.41) is 24.3. The molecule has 0 fully saturated rings. The van der Waals surface area contributed by atoms with Gasteiger partial charge in [-0.1, -0.05) is 48.5 Å². The van der Waals surface area contributed by atoms with Crippen LogP contribution in [0.1, 0.15) is 30.9 Å². The van der Waals surface area contributed by atoms with Gasteiger partial charge in [0.25, 0.3) is 5.91 Å². The molecule has 0 saturated heterocycles. The molecule has 3 rings (SSSR count). The fourth-order valence-corrected chi connectivity index (χ4v) is 3.26. The van der Waals surface area contributed by atoms with Crippen LogP contribution in [-0.4, -0.2) is 29.6 Å². The quantitative estimate of drug-likeness (QED) is 0.744. The van der Waals surface area contributed by atoms with E-state index in [2.05, 4.69) is 17.2 Å². The van der Waals surface area contributed by atoms with Crippen LogP contribution in [0, 0.1) is 22.7 Å². The van der Waals surface area contributed by atoms with Gasteiger partial charge in [-0.2, -0.15) is 15.6 Å². The molecule has 1 aliphatic heterocycles. The lowest BCUT2D eigenvalue weighted by Crippen LogP contribution is -2.37. The van der Waals surface area contributed by atoms with Crippen molar-refractivity contribution in [3.63, 3.8) is 0 Å². The molecule has 0 aliphatic carbocycles. The summed E-state index contributed by atoms with van der Waals surface area (Å²) in [4.78, 5) is 14.6. The number of para-hydroxylation sites is 1. The Labute approximate surface area is 164 Å². The van der Waals surface area contributed by atoms with Gasteiger partial charge in [0.05, 0.1) is 36.7 Å². The van der Waals surface area contributed by atoms with E-state index in [-0.39, 0.29) is 24.8 Å². The van der Waals surface area contributed by atoms with E-state index in [4.69, 9.17) is 10.5 Å². The van der Waals surface area contributed by atoms with Crippen molar-refractivity contribution in [1.82, 2.24) is 4.90 Å². The fraction of sp³-hybridized carbons (Fsp3) is 0.273. The maximum atomic E-state index is 13.1. The standard InChI is InChI=1S/C22H21N5O/c23-13-7-15-26(16-8-14-24)22(28)20-17-21(18-9-3-1-4-10-18)27(25-20)19-11-5-2-6-12-19/h1-6,9-12,21H,7-8,15-17H2. The molecule has 0 N–H and O–H groups in total. The first kappa shape index (κ1) is 19.1. The van der Waals surface area contributed by atoms with Crippen LogP contribution in [0.5, 0.6) is 0 Å². The summed E-state index contributed by atoms with van der Waals surface area (Å²) in [6.45, 7) is 0.606. The van der Waals surface area contributed by atoms with E-state index in [0.29, 0.717) is 25.2 Å². The number of nitrogens with zero attached hydrogens (tertiary/aromatic N) is 5. The maximum Gasteiger partial charge on any atom is 0.270 e. The summed E-state index contributed by atoms with van der Waals surface area (Å²) in [6.07, 6.45) is 0.942. The predicted molar refractivity (Wildman–Crippen MR) is 107 cm³/mol. The van der Waals surface area contributed by atoms with E-state index < -0.39 is 0 Å². The number of hydrogen-bond acceptors (Lipinski definition) is 5. The molecule has 2 aromatic carbocycles. The van der Waals surface area contributed by atoms with E-state index in [1.54, 1.807) is 4.90 Å². The number of hydrogen-bond donors (Lipinski definition) is 0. The Morgan fingerprint density at radius 1 is 1.00 bits per heavy atom. The van der Waals surface area contributed by atoms with Crippen molar-refractivity contribution in [2.75, 3.05) is 18.1 Å². The van der Waals surface area contributed by atoms with Crippen molar-refractivity contribution in [2.24, 2.45) is 5.10 Å². The number of rotatable bonds is 7. The third-order valence-corrected chi connectivity index (χ3v) is 4.64. The Hall–Kier alpha value is -3.64. The number of benzene rings is 2. The number of anilines is 1. The van der Waals surface area contributed by atoms with Gasteiger partial charge in [0.15, 0.2) is 0 Å². The van der Waals surface area contributed by atoms with Crippen LogP contribution in [-0.2, 0) is 4.79 Å². The summed E-state index contributed by atoms with van der Waals surface area (Å²) in [5.41, 5.74) is 2.45. The minimum absolute atomic E-state index is 0.0728. The molecule has 1 unspecified atom stereocenters. The van der Waals surface area contributed by atoms with E-state index in [0.717, 1.165) is 11.3 Å². The molecule has 0 spiro atoms. The highest BCUT2D eigenvalue weighted by atomic mass is 16.2. The zero-order valence-corrected chi connectivity index (χ0v) is 15.5. The van der Waals surface area contributed by atoms with Gasteiger partial charge in [-0.3, -0.25) is 9.80 Å². The maximum absolute atomic E-state index is 13.1. The molecule has 0 radical (unpaired) electrons. The second-order valence-electron chi connectivity index (χ2n) is 6.47. The zero-order chi connectivity index (χ0) is 19.8. The van der Waals surface area contributed by atoms with E-state index >= 15 is 0 Å². The zero-order valence-electron chi connectivity index (χ0n) is 15.5. The highest BCUT2D eigenvalue weighted by Crippen LogP contribution is 2.35. The van der Waals surface area contributed by atoms with Crippen LogP contribution in [0.3, 0.4) is 0 Å². The molecule has 1 atom stereocenters. The van der Waals surface area contributed by atoms with E-state index in [9.17, 15) is 4.79 Å². The molecule has 0 saturated carbocycles. The van der Waals surface area contributed by atoms with Gasteiger partial charge in [0.1, 0.15) is 5.71 Å². The molecule has 2 aromatic rings. The second-order valence-corrected chi connectivity index (χ2v) is 6.47. The van der Waals surface area contributed by atoms with Crippen LogP contribution in [0.15, 0.2) is 65.8 Å². The van der Waals surface area contributed by atoms with Crippen LogP contribution < -0.4 is 5.01 Å². The topological polar surface area (TPSA) is 83.5 Å². The normalized spacial score (nSPS) is 15.4. The minimum Gasteiger partial charge on any atom is -0.335 e. The Morgan fingerprint density at radius 2 is 1.57 bits per heavy atom. The van der Waals surface area contributed by atoms with Gasteiger partial charge >= 0.3 is 0 Å². The Balaban J connectivity index is 1.89. The number of carbonyl (C=O) groups is 1. The van der Waals surface area contributed by atoms with Crippen LogP contribution in [0.2, 0.25) is 0 Å². The van der Waals surface area contributed by atoms with Crippen molar-refractivity contribution in [3.8, 4) is 12.1 Å². The Bertz CT molecular complexity index is 893. The molecule has 0 bridgehead atoms. The largest absolute Gasteiger partial charge is 0.335 e. The smallest absolute Gasteiger partial charge is 0.270 e. The van der Waals surface area contributed by atoms with Gasteiger partial charge in [-0.15, -0.1) is 0 Å². The van der Waals surface area contributed by atoms with Gasteiger partial charge in [0, 0.05) is 19.5 Å². The van der Waals surface area contributed by atoms with Crippen molar-refractivity contribution in [1.29, 1.82) is 10.5 Å². The molecule has 6 heteroatoms. The van der Waals surface area contributed by atoms with Gasteiger partial charge in [-0.25, -0.2) is 0 Å². The van der Waals surface area contributed by atoms with Crippen LogP contribution in [0.4, 0.5) is 5.69 Å². The molecule has 28 heavy (non-hydrogen) atoms. The highest BCUT2D eigenvalue weighted by molar-refractivity contribution is 6.39. The third kappa shape index (κ3) is 4.36. The highest BCUT2D eigenvalue weighted by Gasteiger charge is 2.34. The number of nitriles is 2. The average molecular weight is 371 g/mol. The van der Waals surface area contributed by atoms with Crippen molar-refractivity contribution in [2.45, 2.75) is 25.3 Å². The fourth-order valence-electron chi connectivity index (χ4n) is 3.26. The summed E-state index contributed by atoms with van der Waals surface area (Å²) < 4.78 is 0. The third-order valence-electron chi connectivity index (χ3n) is 4.64. The first-order chi connectivity index (χ1) is 13.7. The summed E-state index contributed by atoms with van der Waals surface area (Å²) in [6, 6.07) is 23.8. The molecule has 140 valence electrons. The molecular weight excluding hydrogens is 350 g/mol. The van der Waals surface area contributed by atoms with Crippen LogP contribution >= 0.6 is 0 Å². The summed E-state index contributed by atoms with van der Waals surface area (Å²) in [7, 11) is 0. The number of carbonyl (C=O) groups excluding carboxylic acids is 1. The van der Waals surface area contributed by atoms with Gasteiger partial charge in [0.2, 0.25) is 0 Å². The lowest BCUT2D eigenvalue weighted by molar-refractivity contribution is -0.124. The minimum atomic E-state index is -0.204. The van der Waals surface area contributed by atoms with Crippen LogP contribution in [0.25, 0.3) is 0 Å². The van der Waals surface area contributed by atoms with Crippen molar-refractivity contribution >= 4 is 17.3 Å².